The molecule has 31 heavy (non-hydrogen) atoms. The van der Waals surface area contributed by atoms with Crippen LogP contribution in [0.15, 0.2) is 41.4 Å². The number of hydrogen-bond acceptors (Lipinski definition) is 5. The third-order valence-electron chi connectivity index (χ3n) is 4.60. The molecule has 1 heterocycles. The number of nitrogens with one attached hydrogen (secondary N) is 2. The van der Waals surface area contributed by atoms with Crippen LogP contribution in [0.1, 0.15) is 18.1 Å². The molecule has 170 valence electrons. The quantitative estimate of drug-likeness (QED) is 0.301. The first-order valence-corrected chi connectivity index (χ1v) is 9.86. The lowest BCUT2D eigenvalue weighted by Crippen LogP contribution is -2.42. The van der Waals surface area contributed by atoms with Crippen LogP contribution in [0.2, 0.25) is 0 Å². The van der Waals surface area contributed by atoms with Gasteiger partial charge in [0.1, 0.15) is 29.2 Å². The van der Waals surface area contributed by atoms with E-state index in [9.17, 15) is 4.39 Å². The van der Waals surface area contributed by atoms with E-state index in [1.807, 2.05) is 31.2 Å². The molecule has 0 amide bonds. The van der Waals surface area contributed by atoms with E-state index >= 15 is 0 Å². The normalized spacial score (nSPS) is 13.9. The van der Waals surface area contributed by atoms with Crippen LogP contribution in [-0.4, -0.2) is 46.1 Å². The van der Waals surface area contributed by atoms with Crippen molar-refractivity contribution in [2.45, 2.75) is 26.1 Å². The minimum atomic E-state index is -0.288. The molecule has 1 atom stereocenters. The second-order valence-corrected chi connectivity index (χ2v) is 6.90. The molecule has 7 nitrogen and oxygen atoms in total. The number of nitrogens with zero attached hydrogens (tertiary/aromatic N) is 1. The summed E-state index contributed by atoms with van der Waals surface area (Å²) >= 11 is 0. The minimum absolute atomic E-state index is 0. The molecule has 2 aromatic carbocycles. The fourth-order valence-corrected chi connectivity index (χ4v) is 3.17. The maximum absolute atomic E-state index is 13.9. The predicted octanol–water partition coefficient (Wildman–Crippen LogP) is 3.49. The Morgan fingerprint density at radius 3 is 2.81 bits per heavy atom. The van der Waals surface area contributed by atoms with Crippen LogP contribution >= 0.6 is 24.0 Å². The number of benzene rings is 2. The number of ether oxygens (including phenoxy) is 4. The molecule has 2 aromatic rings. The standard InChI is InChI=1S/C22H28FN3O4.HI/c1-15(30-20-6-4-5-19(11-20)27-3)12-26-22(24-2)25-8-7-16-9-18(23)10-17-13-28-14-29-21(16)17;/h4-6,9-11,15H,7-8,12-14H2,1-3H3,(H2,24,25,26);1H. The van der Waals surface area contributed by atoms with Gasteiger partial charge in [0.05, 0.1) is 20.3 Å². The fourth-order valence-electron chi connectivity index (χ4n) is 3.17. The average molecular weight is 545 g/mol. The Balaban J connectivity index is 0.00000341. The summed E-state index contributed by atoms with van der Waals surface area (Å²) in [4.78, 5) is 4.22. The van der Waals surface area contributed by atoms with Crippen LogP contribution < -0.4 is 24.8 Å². The Kier molecular flexibility index (Phi) is 10.1. The van der Waals surface area contributed by atoms with Crippen LogP contribution in [0, 0.1) is 5.82 Å². The highest BCUT2D eigenvalue weighted by Gasteiger charge is 2.17. The Bertz CT molecular complexity index is 882. The van der Waals surface area contributed by atoms with E-state index in [4.69, 9.17) is 18.9 Å². The van der Waals surface area contributed by atoms with Crippen molar-refractivity contribution in [1.29, 1.82) is 0 Å². The highest BCUT2D eigenvalue weighted by Crippen LogP contribution is 2.29. The molecule has 0 radical (unpaired) electrons. The third-order valence-corrected chi connectivity index (χ3v) is 4.60. The Labute approximate surface area is 199 Å². The smallest absolute Gasteiger partial charge is 0.191 e. The number of hydrogen-bond donors (Lipinski definition) is 2. The van der Waals surface area contributed by atoms with Gasteiger partial charge in [-0.25, -0.2) is 4.39 Å². The molecule has 0 saturated carbocycles. The van der Waals surface area contributed by atoms with Crippen molar-refractivity contribution < 1.29 is 23.3 Å². The van der Waals surface area contributed by atoms with Gasteiger partial charge in [0, 0.05) is 25.2 Å². The van der Waals surface area contributed by atoms with E-state index in [0.717, 1.165) is 22.6 Å². The molecular formula is C22H29FIN3O4. The maximum atomic E-state index is 13.9. The summed E-state index contributed by atoms with van der Waals surface area (Å²) in [5.41, 5.74) is 1.55. The first kappa shape index (κ1) is 25.0. The summed E-state index contributed by atoms with van der Waals surface area (Å²) in [6, 6.07) is 10.4. The van der Waals surface area contributed by atoms with E-state index in [1.54, 1.807) is 14.2 Å². The Hall–Kier alpha value is -2.27. The number of guanidine groups is 1. The average Bonchev–Trinajstić information content (AvgIpc) is 2.76. The Morgan fingerprint density at radius 2 is 2.03 bits per heavy atom. The van der Waals surface area contributed by atoms with Gasteiger partial charge in [0.15, 0.2) is 12.8 Å². The summed E-state index contributed by atoms with van der Waals surface area (Å²) < 4.78 is 35.8. The molecule has 9 heteroatoms. The molecule has 0 aliphatic carbocycles. The van der Waals surface area contributed by atoms with Crippen molar-refractivity contribution in [3.05, 3.63) is 53.3 Å². The van der Waals surface area contributed by atoms with Crippen LogP contribution in [-0.2, 0) is 17.8 Å². The van der Waals surface area contributed by atoms with Crippen LogP contribution in [0.25, 0.3) is 0 Å². The SMILES string of the molecule is CN=C(NCCc1cc(F)cc2c1OCOC2)NCC(C)Oc1cccc(OC)c1.I. The first-order chi connectivity index (χ1) is 14.6. The molecule has 1 aliphatic heterocycles. The summed E-state index contributed by atoms with van der Waals surface area (Å²) in [7, 11) is 3.33. The number of rotatable bonds is 8. The molecular weight excluding hydrogens is 516 g/mol. The number of aliphatic imine (C=N–C) groups is 1. The monoisotopic (exact) mass is 545 g/mol. The highest BCUT2D eigenvalue weighted by atomic mass is 127. The van der Waals surface area contributed by atoms with Gasteiger partial charge in [-0.15, -0.1) is 24.0 Å². The third kappa shape index (κ3) is 7.42. The van der Waals surface area contributed by atoms with Gasteiger partial charge in [-0.2, -0.15) is 0 Å². The van der Waals surface area contributed by atoms with E-state index < -0.39 is 0 Å². The van der Waals surface area contributed by atoms with Gasteiger partial charge in [-0.1, -0.05) is 6.07 Å². The largest absolute Gasteiger partial charge is 0.497 e. The van der Waals surface area contributed by atoms with Crippen molar-refractivity contribution in [3.63, 3.8) is 0 Å². The Morgan fingerprint density at radius 1 is 1.23 bits per heavy atom. The van der Waals surface area contributed by atoms with Gasteiger partial charge in [-0.05, 0) is 43.2 Å². The lowest BCUT2D eigenvalue weighted by molar-refractivity contribution is -0.0172. The lowest BCUT2D eigenvalue weighted by atomic mass is 10.1. The van der Waals surface area contributed by atoms with E-state index in [1.165, 1.54) is 12.1 Å². The number of fused-ring (bicyclic) bond motifs is 1. The van der Waals surface area contributed by atoms with Gasteiger partial charge in [-0.3, -0.25) is 4.99 Å². The summed E-state index contributed by atoms with van der Waals surface area (Å²) in [6.07, 6.45) is 0.510. The van der Waals surface area contributed by atoms with Crippen molar-refractivity contribution >= 4 is 29.9 Å². The van der Waals surface area contributed by atoms with Crippen LogP contribution in [0.4, 0.5) is 4.39 Å². The second-order valence-electron chi connectivity index (χ2n) is 6.90. The van der Waals surface area contributed by atoms with Gasteiger partial charge < -0.3 is 29.6 Å². The van der Waals surface area contributed by atoms with Crippen molar-refractivity contribution in [3.8, 4) is 17.2 Å². The zero-order valence-electron chi connectivity index (χ0n) is 17.9. The fraction of sp³-hybridized carbons (Fsp3) is 0.409. The highest BCUT2D eigenvalue weighted by molar-refractivity contribution is 14.0. The van der Waals surface area contributed by atoms with Gasteiger partial charge >= 0.3 is 0 Å². The molecule has 1 aliphatic rings. The zero-order chi connectivity index (χ0) is 21.3. The van der Waals surface area contributed by atoms with E-state index in [2.05, 4.69) is 15.6 Å². The summed E-state index contributed by atoms with van der Waals surface area (Å²) in [6.45, 7) is 3.66. The molecule has 2 N–H and O–H groups in total. The molecule has 0 bridgehead atoms. The molecule has 0 saturated heterocycles. The first-order valence-electron chi connectivity index (χ1n) is 9.86. The topological polar surface area (TPSA) is 73.3 Å². The van der Waals surface area contributed by atoms with E-state index in [-0.39, 0.29) is 42.7 Å². The van der Waals surface area contributed by atoms with Crippen molar-refractivity contribution in [2.24, 2.45) is 4.99 Å². The predicted molar refractivity (Wildman–Crippen MR) is 128 cm³/mol. The zero-order valence-corrected chi connectivity index (χ0v) is 20.3. The molecule has 3 rings (SSSR count). The number of methoxy groups -OCH3 is 1. The van der Waals surface area contributed by atoms with Crippen LogP contribution in [0.3, 0.4) is 0 Å². The van der Waals surface area contributed by atoms with Crippen molar-refractivity contribution in [1.82, 2.24) is 10.6 Å². The molecule has 0 spiro atoms. The molecule has 0 aromatic heterocycles. The lowest BCUT2D eigenvalue weighted by Gasteiger charge is -2.21. The van der Waals surface area contributed by atoms with Gasteiger partial charge in [0.25, 0.3) is 0 Å². The van der Waals surface area contributed by atoms with Crippen LogP contribution in [0.5, 0.6) is 17.2 Å². The minimum Gasteiger partial charge on any atom is -0.497 e. The maximum Gasteiger partial charge on any atom is 0.191 e. The summed E-state index contributed by atoms with van der Waals surface area (Å²) in [5, 5.41) is 6.47. The molecule has 1 unspecified atom stereocenters. The number of halogens is 2. The molecule has 0 fully saturated rings. The van der Waals surface area contributed by atoms with Gasteiger partial charge in [0.2, 0.25) is 0 Å². The second kappa shape index (κ2) is 12.6. The van der Waals surface area contributed by atoms with Crippen molar-refractivity contribution in [2.75, 3.05) is 34.0 Å². The summed E-state index contributed by atoms with van der Waals surface area (Å²) in [5.74, 6) is 2.56. The van der Waals surface area contributed by atoms with E-state index in [0.29, 0.717) is 37.8 Å².